The summed E-state index contributed by atoms with van der Waals surface area (Å²) >= 11 is 0. The molecule has 1 aliphatic carbocycles. The fourth-order valence-electron chi connectivity index (χ4n) is 2.70. The lowest BCUT2D eigenvalue weighted by Gasteiger charge is -2.40. The van der Waals surface area contributed by atoms with Gasteiger partial charge in [0, 0.05) is 6.54 Å². The van der Waals surface area contributed by atoms with Crippen molar-refractivity contribution in [3.05, 3.63) is 0 Å². The molecular formula is C15H29NO3. The van der Waals surface area contributed by atoms with E-state index in [9.17, 15) is 4.79 Å². The number of nitrogens with two attached hydrogens (primary N) is 1. The molecule has 1 saturated carbocycles. The van der Waals surface area contributed by atoms with Crippen LogP contribution in [0.4, 0.5) is 0 Å². The molecule has 0 heterocycles. The van der Waals surface area contributed by atoms with Crippen LogP contribution in [0, 0.1) is 11.3 Å². The molecule has 4 heteroatoms. The first kappa shape index (κ1) is 16.4. The Balaban J connectivity index is 2.52. The van der Waals surface area contributed by atoms with Crippen LogP contribution in [0.2, 0.25) is 0 Å². The summed E-state index contributed by atoms with van der Waals surface area (Å²) < 4.78 is 5.97. The second-order valence-electron chi connectivity index (χ2n) is 6.60. The Morgan fingerprint density at radius 3 is 2.42 bits per heavy atom. The van der Waals surface area contributed by atoms with E-state index >= 15 is 0 Å². The molecule has 0 saturated heterocycles. The third kappa shape index (κ3) is 4.46. The van der Waals surface area contributed by atoms with E-state index in [2.05, 4.69) is 6.92 Å². The van der Waals surface area contributed by atoms with Crippen LogP contribution in [-0.4, -0.2) is 29.8 Å². The van der Waals surface area contributed by atoms with E-state index in [0.29, 0.717) is 6.54 Å². The Labute approximate surface area is 116 Å². The van der Waals surface area contributed by atoms with Crippen molar-refractivity contribution in [3.8, 4) is 0 Å². The van der Waals surface area contributed by atoms with Crippen LogP contribution in [0.1, 0.15) is 59.3 Å². The van der Waals surface area contributed by atoms with Gasteiger partial charge in [-0.15, -0.1) is 0 Å². The number of aliphatic carboxylic acids is 1. The summed E-state index contributed by atoms with van der Waals surface area (Å²) in [5.41, 5.74) is 4.75. The summed E-state index contributed by atoms with van der Waals surface area (Å²) in [6.07, 6.45) is 6.74. The van der Waals surface area contributed by atoms with Gasteiger partial charge in [-0.3, -0.25) is 4.79 Å². The SMILES string of the molecule is CCCC1CCC(CN)(OCC(C)(C)C(=O)O)CC1. The van der Waals surface area contributed by atoms with Crippen LogP contribution in [0.15, 0.2) is 0 Å². The lowest BCUT2D eigenvalue weighted by molar-refractivity contribution is -0.157. The van der Waals surface area contributed by atoms with Crippen LogP contribution < -0.4 is 5.73 Å². The highest BCUT2D eigenvalue weighted by molar-refractivity contribution is 5.73. The van der Waals surface area contributed by atoms with Crippen molar-refractivity contribution in [1.82, 2.24) is 0 Å². The molecule has 1 rings (SSSR count). The summed E-state index contributed by atoms with van der Waals surface area (Å²) in [7, 11) is 0. The van der Waals surface area contributed by atoms with Gasteiger partial charge in [0.05, 0.1) is 17.6 Å². The Morgan fingerprint density at radius 2 is 2.00 bits per heavy atom. The first-order valence-electron chi connectivity index (χ1n) is 7.42. The first-order chi connectivity index (χ1) is 8.85. The number of hydrogen-bond donors (Lipinski definition) is 2. The van der Waals surface area contributed by atoms with E-state index in [-0.39, 0.29) is 12.2 Å². The van der Waals surface area contributed by atoms with Gasteiger partial charge in [0.15, 0.2) is 0 Å². The standard InChI is InChI=1S/C15H29NO3/c1-4-5-12-6-8-15(10-16,9-7-12)19-11-14(2,3)13(17)18/h12H,4-11,16H2,1-3H3,(H,17,18). The highest BCUT2D eigenvalue weighted by atomic mass is 16.5. The highest BCUT2D eigenvalue weighted by Gasteiger charge is 2.38. The van der Waals surface area contributed by atoms with E-state index in [0.717, 1.165) is 31.6 Å². The minimum Gasteiger partial charge on any atom is -0.481 e. The normalized spacial score (nSPS) is 28.3. The third-order valence-electron chi connectivity index (χ3n) is 4.40. The fourth-order valence-corrected chi connectivity index (χ4v) is 2.70. The molecule has 3 N–H and O–H groups in total. The summed E-state index contributed by atoms with van der Waals surface area (Å²) in [4.78, 5) is 11.1. The Bertz CT molecular complexity index is 294. The van der Waals surface area contributed by atoms with Crippen molar-refractivity contribution < 1.29 is 14.6 Å². The third-order valence-corrected chi connectivity index (χ3v) is 4.40. The number of rotatable bonds is 7. The molecule has 0 bridgehead atoms. The van der Waals surface area contributed by atoms with Crippen LogP contribution in [0.3, 0.4) is 0 Å². The van der Waals surface area contributed by atoms with Gasteiger partial charge >= 0.3 is 5.97 Å². The van der Waals surface area contributed by atoms with Crippen molar-refractivity contribution in [1.29, 1.82) is 0 Å². The second kappa shape index (κ2) is 6.71. The van der Waals surface area contributed by atoms with Gasteiger partial charge in [0.2, 0.25) is 0 Å². The molecule has 0 aromatic carbocycles. The number of carboxylic acid groups (broad SMARTS) is 1. The number of carbonyl (C=O) groups is 1. The maximum Gasteiger partial charge on any atom is 0.311 e. The maximum atomic E-state index is 11.1. The molecule has 1 fully saturated rings. The highest BCUT2D eigenvalue weighted by Crippen LogP contribution is 2.37. The molecule has 0 unspecified atom stereocenters. The molecule has 0 aliphatic heterocycles. The maximum absolute atomic E-state index is 11.1. The summed E-state index contributed by atoms with van der Waals surface area (Å²) in [6, 6.07) is 0. The largest absolute Gasteiger partial charge is 0.481 e. The zero-order valence-corrected chi connectivity index (χ0v) is 12.6. The molecular weight excluding hydrogens is 242 g/mol. The summed E-state index contributed by atoms with van der Waals surface area (Å²) in [5, 5.41) is 9.13. The smallest absolute Gasteiger partial charge is 0.311 e. The van der Waals surface area contributed by atoms with Crippen LogP contribution in [-0.2, 0) is 9.53 Å². The number of ether oxygens (including phenoxy) is 1. The van der Waals surface area contributed by atoms with E-state index < -0.39 is 11.4 Å². The summed E-state index contributed by atoms with van der Waals surface area (Å²) in [6.45, 7) is 6.33. The molecule has 112 valence electrons. The minimum absolute atomic E-state index is 0.234. The molecule has 0 spiro atoms. The second-order valence-corrected chi connectivity index (χ2v) is 6.60. The van der Waals surface area contributed by atoms with Gasteiger partial charge in [-0.05, 0) is 45.4 Å². The predicted octanol–water partition coefficient (Wildman–Crippen LogP) is 2.80. The average Bonchev–Trinajstić information content (AvgIpc) is 2.39. The predicted molar refractivity (Wildman–Crippen MR) is 76.0 cm³/mol. The van der Waals surface area contributed by atoms with Crippen molar-refractivity contribution >= 4 is 5.97 Å². The quantitative estimate of drug-likeness (QED) is 0.747. The van der Waals surface area contributed by atoms with Crippen LogP contribution >= 0.6 is 0 Å². The first-order valence-corrected chi connectivity index (χ1v) is 7.42. The molecule has 0 atom stereocenters. The van der Waals surface area contributed by atoms with Gasteiger partial charge in [-0.2, -0.15) is 0 Å². The van der Waals surface area contributed by atoms with Gasteiger partial charge in [-0.1, -0.05) is 19.8 Å². The van der Waals surface area contributed by atoms with Gasteiger partial charge in [0.1, 0.15) is 0 Å². The topological polar surface area (TPSA) is 72.5 Å². The zero-order valence-electron chi connectivity index (χ0n) is 12.6. The molecule has 0 radical (unpaired) electrons. The Morgan fingerprint density at radius 1 is 1.42 bits per heavy atom. The van der Waals surface area contributed by atoms with Crippen molar-refractivity contribution in [2.75, 3.05) is 13.2 Å². The lowest BCUT2D eigenvalue weighted by atomic mass is 9.77. The van der Waals surface area contributed by atoms with Gasteiger partial charge in [0.25, 0.3) is 0 Å². The zero-order chi connectivity index (χ0) is 14.5. The van der Waals surface area contributed by atoms with Gasteiger partial charge < -0.3 is 15.6 Å². The number of hydrogen-bond acceptors (Lipinski definition) is 3. The Hall–Kier alpha value is -0.610. The van der Waals surface area contributed by atoms with E-state index in [4.69, 9.17) is 15.6 Å². The average molecular weight is 271 g/mol. The molecule has 4 nitrogen and oxygen atoms in total. The van der Waals surface area contributed by atoms with E-state index in [1.165, 1.54) is 12.8 Å². The fraction of sp³-hybridized carbons (Fsp3) is 0.933. The molecule has 0 aromatic heterocycles. The number of carboxylic acids is 1. The molecule has 0 aromatic rings. The van der Waals surface area contributed by atoms with Crippen LogP contribution in [0.25, 0.3) is 0 Å². The minimum atomic E-state index is -0.845. The van der Waals surface area contributed by atoms with E-state index in [1.54, 1.807) is 13.8 Å². The van der Waals surface area contributed by atoms with E-state index in [1.807, 2.05) is 0 Å². The van der Waals surface area contributed by atoms with Crippen molar-refractivity contribution in [3.63, 3.8) is 0 Å². The monoisotopic (exact) mass is 271 g/mol. The van der Waals surface area contributed by atoms with Gasteiger partial charge in [-0.25, -0.2) is 0 Å². The molecule has 0 amide bonds. The lowest BCUT2D eigenvalue weighted by Crippen LogP contribution is -2.46. The molecule has 19 heavy (non-hydrogen) atoms. The van der Waals surface area contributed by atoms with Crippen molar-refractivity contribution in [2.24, 2.45) is 17.1 Å². The summed E-state index contributed by atoms with van der Waals surface area (Å²) in [5.74, 6) is -0.0277. The van der Waals surface area contributed by atoms with Crippen LogP contribution in [0.5, 0.6) is 0 Å². The Kier molecular flexibility index (Phi) is 5.81. The van der Waals surface area contributed by atoms with Crippen molar-refractivity contribution in [2.45, 2.75) is 64.9 Å². The molecule has 1 aliphatic rings.